The van der Waals surface area contributed by atoms with Crippen molar-refractivity contribution in [2.45, 2.75) is 44.4 Å². The van der Waals surface area contributed by atoms with Crippen LogP contribution in [-0.2, 0) is 16.3 Å². The normalized spacial score (nSPS) is 12.3. The van der Waals surface area contributed by atoms with Crippen molar-refractivity contribution >= 4 is 21.8 Å². The number of carbonyl (C=O) groups excluding carboxylic acids is 1. The van der Waals surface area contributed by atoms with E-state index in [0.29, 0.717) is 17.4 Å². The highest BCUT2D eigenvalue weighted by molar-refractivity contribution is 7.90. The van der Waals surface area contributed by atoms with Crippen molar-refractivity contribution < 1.29 is 23.1 Å². The summed E-state index contributed by atoms with van der Waals surface area (Å²) in [6.45, 7) is 4.65. The number of nitrogens with one attached hydrogen (secondary N) is 1. The minimum atomic E-state index is -3.27. The maximum Gasteiger partial charge on any atom is 0.356 e. The lowest BCUT2D eigenvalue weighted by Gasteiger charge is -2.18. The van der Waals surface area contributed by atoms with Gasteiger partial charge in [-0.3, -0.25) is 0 Å². The third-order valence-corrected chi connectivity index (χ3v) is 7.10. The van der Waals surface area contributed by atoms with Crippen LogP contribution in [0.15, 0.2) is 59.6 Å². The minimum absolute atomic E-state index is 0.175. The molecule has 0 radical (unpaired) electrons. The van der Waals surface area contributed by atoms with E-state index in [0.717, 1.165) is 47.1 Å². The zero-order valence-corrected chi connectivity index (χ0v) is 21.0. The Balaban J connectivity index is 1.64. The minimum Gasteiger partial charge on any atom is -0.476 e. The molecule has 1 amide bonds. The number of carboxylic acid groups (broad SMARTS) is 1. The number of aromatic carboxylic acids is 1. The Labute approximate surface area is 205 Å². The zero-order valence-electron chi connectivity index (χ0n) is 20.2. The van der Waals surface area contributed by atoms with Crippen molar-refractivity contribution in [1.29, 1.82) is 0 Å². The molecule has 1 atom stereocenters. The van der Waals surface area contributed by atoms with Gasteiger partial charge < -0.3 is 10.4 Å². The van der Waals surface area contributed by atoms with Crippen molar-refractivity contribution in [3.63, 3.8) is 0 Å². The number of aryl methyl sites for hydroxylation is 1. The molecule has 3 aromatic rings. The number of carbonyl (C=O) groups is 2. The van der Waals surface area contributed by atoms with E-state index in [1.165, 1.54) is 24.1 Å². The second-order valence-corrected chi connectivity index (χ2v) is 10.8. The average Bonchev–Trinajstić information content (AvgIpc) is 3.31. The van der Waals surface area contributed by atoms with E-state index in [1.54, 1.807) is 18.2 Å². The predicted molar refractivity (Wildman–Crippen MR) is 134 cm³/mol. The Hall–Kier alpha value is -3.46. The molecule has 0 saturated carbocycles. The number of sulfone groups is 1. The van der Waals surface area contributed by atoms with E-state index >= 15 is 0 Å². The average molecular weight is 498 g/mol. The quantitative estimate of drug-likeness (QED) is 0.424. The van der Waals surface area contributed by atoms with Crippen LogP contribution in [0.25, 0.3) is 11.1 Å². The van der Waals surface area contributed by atoms with Gasteiger partial charge in [0.15, 0.2) is 15.5 Å². The van der Waals surface area contributed by atoms with Gasteiger partial charge in [-0.05, 0) is 66.1 Å². The largest absolute Gasteiger partial charge is 0.476 e. The first kappa shape index (κ1) is 26.2. The van der Waals surface area contributed by atoms with Gasteiger partial charge in [0.25, 0.3) is 0 Å². The van der Waals surface area contributed by atoms with Crippen molar-refractivity contribution in [2.24, 2.45) is 5.92 Å². The number of hydrogen-bond acceptors (Lipinski definition) is 5. The monoisotopic (exact) mass is 497 g/mol. The fourth-order valence-electron chi connectivity index (χ4n) is 4.09. The number of benzene rings is 2. The summed E-state index contributed by atoms with van der Waals surface area (Å²) in [5, 5.41) is 15.5. The van der Waals surface area contributed by atoms with Crippen LogP contribution in [0, 0.1) is 12.8 Å². The van der Waals surface area contributed by atoms with E-state index in [4.69, 9.17) is 5.11 Å². The molecule has 0 aliphatic rings. The highest BCUT2D eigenvalue weighted by atomic mass is 32.2. The SMILES string of the molecule is CCCC(CCNC(=O)n1ccc(C(=O)O)n1)Cc1ccc(-c2cccc(S(C)(=O)=O)c2)cc1C. The van der Waals surface area contributed by atoms with Crippen molar-refractivity contribution in [1.82, 2.24) is 15.1 Å². The molecular weight excluding hydrogens is 466 g/mol. The van der Waals surface area contributed by atoms with Crippen LogP contribution < -0.4 is 5.32 Å². The molecule has 0 aliphatic carbocycles. The van der Waals surface area contributed by atoms with Crippen LogP contribution >= 0.6 is 0 Å². The molecule has 0 aliphatic heterocycles. The number of aromatic nitrogens is 2. The molecule has 3 rings (SSSR count). The zero-order chi connectivity index (χ0) is 25.6. The summed E-state index contributed by atoms with van der Waals surface area (Å²) in [6.07, 6.45) is 6.22. The first-order chi connectivity index (χ1) is 16.6. The summed E-state index contributed by atoms with van der Waals surface area (Å²) in [5.41, 5.74) is 4.01. The maximum absolute atomic E-state index is 12.2. The third-order valence-electron chi connectivity index (χ3n) is 5.99. The molecule has 35 heavy (non-hydrogen) atoms. The predicted octanol–water partition coefficient (Wildman–Crippen LogP) is 4.57. The molecule has 1 unspecified atom stereocenters. The highest BCUT2D eigenvalue weighted by Gasteiger charge is 2.15. The van der Waals surface area contributed by atoms with Crippen molar-refractivity contribution in [3.8, 4) is 11.1 Å². The van der Waals surface area contributed by atoms with Crippen LogP contribution in [0.2, 0.25) is 0 Å². The van der Waals surface area contributed by atoms with E-state index in [-0.39, 0.29) is 5.69 Å². The van der Waals surface area contributed by atoms with Gasteiger partial charge in [-0.15, -0.1) is 0 Å². The molecular formula is C26H31N3O5S. The van der Waals surface area contributed by atoms with Gasteiger partial charge in [0.05, 0.1) is 4.90 Å². The van der Waals surface area contributed by atoms with Gasteiger partial charge in [-0.1, -0.05) is 50.1 Å². The van der Waals surface area contributed by atoms with Crippen molar-refractivity contribution in [2.75, 3.05) is 12.8 Å². The van der Waals surface area contributed by atoms with E-state index in [1.807, 2.05) is 12.1 Å². The van der Waals surface area contributed by atoms with E-state index < -0.39 is 21.8 Å². The first-order valence-electron chi connectivity index (χ1n) is 11.6. The molecule has 0 saturated heterocycles. The summed E-state index contributed by atoms with van der Waals surface area (Å²) < 4.78 is 24.8. The van der Waals surface area contributed by atoms with Crippen LogP contribution in [0.3, 0.4) is 0 Å². The lowest BCUT2D eigenvalue weighted by atomic mass is 9.89. The Morgan fingerprint density at radius 1 is 1.09 bits per heavy atom. The van der Waals surface area contributed by atoms with Gasteiger partial charge in [-0.2, -0.15) is 9.78 Å². The van der Waals surface area contributed by atoms with E-state index in [9.17, 15) is 18.0 Å². The molecule has 8 nitrogen and oxygen atoms in total. The molecule has 0 spiro atoms. The number of nitrogens with zero attached hydrogens (tertiary/aromatic N) is 2. The molecule has 2 N–H and O–H groups in total. The van der Waals surface area contributed by atoms with Crippen LogP contribution in [0.5, 0.6) is 0 Å². The lowest BCUT2D eigenvalue weighted by Crippen LogP contribution is -2.31. The molecule has 0 bridgehead atoms. The first-order valence-corrected chi connectivity index (χ1v) is 13.4. The Kier molecular flexibility index (Phi) is 8.45. The number of rotatable bonds is 10. The molecule has 2 aromatic carbocycles. The fraction of sp³-hybridized carbons (Fsp3) is 0.346. The molecule has 1 aromatic heterocycles. The Morgan fingerprint density at radius 3 is 2.46 bits per heavy atom. The fourth-order valence-corrected chi connectivity index (χ4v) is 4.76. The maximum atomic E-state index is 12.2. The van der Waals surface area contributed by atoms with Crippen molar-refractivity contribution in [3.05, 3.63) is 71.5 Å². The topological polar surface area (TPSA) is 118 Å². The summed E-state index contributed by atoms with van der Waals surface area (Å²) in [7, 11) is -3.27. The van der Waals surface area contributed by atoms with Gasteiger partial charge in [0.2, 0.25) is 0 Å². The number of carboxylic acids is 1. The molecule has 9 heteroatoms. The van der Waals surface area contributed by atoms with Gasteiger partial charge >= 0.3 is 12.0 Å². The summed E-state index contributed by atoms with van der Waals surface area (Å²) >= 11 is 0. The van der Waals surface area contributed by atoms with Gasteiger partial charge in [0, 0.05) is 19.0 Å². The number of hydrogen-bond donors (Lipinski definition) is 2. The van der Waals surface area contributed by atoms with Crippen LogP contribution in [-0.4, -0.2) is 48.1 Å². The molecule has 0 fully saturated rings. The van der Waals surface area contributed by atoms with Crippen LogP contribution in [0.4, 0.5) is 4.79 Å². The second kappa shape index (κ2) is 11.3. The third kappa shape index (κ3) is 7.02. The molecule has 186 valence electrons. The summed E-state index contributed by atoms with van der Waals surface area (Å²) in [6, 6.07) is 14.0. The standard InChI is InChI=1S/C26H31N3O5S/c1-4-6-19(11-13-27-26(32)29-14-12-24(28-29)25(30)31)16-20-9-10-22(15-18(20)2)21-7-5-8-23(17-21)35(3,33)34/h5,7-10,12,14-15,17,19H,4,6,11,13,16H2,1-3H3,(H,27,32)(H,30,31). The van der Waals surface area contributed by atoms with Crippen LogP contribution in [0.1, 0.15) is 47.8 Å². The number of amides is 1. The van der Waals surface area contributed by atoms with E-state index in [2.05, 4.69) is 36.4 Å². The van der Waals surface area contributed by atoms with Gasteiger partial charge in [0.1, 0.15) is 0 Å². The van der Waals surface area contributed by atoms with Gasteiger partial charge in [-0.25, -0.2) is 18.0 Å². The second-order valence-electron chi connectivity index (χ2n) is 8.77. The lowest BCUT2D eigenvalue weighted by molar-refractivity contribution is 0.0690. The highest BCUT2D eigenvalue weighted by Crippen LogP contribution is 2.27. The summed E-state index contributed by atoms with van der Waals surface area (Å²) in [4.78, 5) is 23.5. The molecule has 1 heterocycles. The Morgan fingerprint density at radius 2 is 1.83 bits per heavy atom. The summed E-state index contributed by atoms with van der Waals surface area (Å²) in [5.74, 6) is -0.810. The Bertz CT molecular complexity index is 1310. The smallest absolute Gasteiger partial charge is 0.356 e.